The highest BCUT2D eigenvalue weighted by Crippen LogP contribution is 2.22. The van der Waals surface area contributed by atoms with Gasteiger partial charge in [-0.1, -0.05) is 32.4 Å². The molecule has 0 spiro atoms. The van der Waals surface area contributed by atoms with E-state index in [2.05, 4.69) is 5.32 Å². The van der Waals surface area contributed by atoms with Crippen LogP contribution in [0.15, 0.2) is 24.3 Å². The number of benzene rings is 1. The topological polar surface area (TPSA) is 92.8 Å². The number of fused-ring (bicyclic) bond motifs is 1. The molecule has 0 aliphatic carbocycles. The standard InChI is InChI=1S/C19H24N2O5/c1-4-12(2)16(19(25)26-3)20-15(22)10-7-11-21-17(23)13-8-5-6-9-14(13)18(21)24/h5-6,8-9,12,16H,4,7,10-11H2,1-3H3,(H,20,22)/t12-,16+/m1/s1. The zero-order valence-corrected chi connectivity index (χ0v) is 15.3. The second-order valence-corrected chi connectivity index (χ2v) is 6.36. The molecule has 1 heterocycles. The normalized spacial score (nSPS) is 15.4. The van der Waals surface area contributed by atoms with Gasteiger partial charge in [0.1, 0.15) is 6.04 Å². The van der Waals surface area contributed by atoms with Crippen LogP contribution in [-0.2, 0) is 14.3 Å². The molecule has 0 fully saturated rings. The van der Waals surface area contributed by atoms with Crippen molar-refractivity contribution in [2.24, 2.45) is 5.92 Å². The van der Waals surface area contributed by atoms with Crippen molar-refractivity contribution >= 4 is 23.7 Å². The number of nitrogens with zero attached hydrogens (tertiary/aromatic N) is 1. The van der Waals surface area contributed by atoms with Crippen molar-refractivity contribution in [2.45, 2.75) is 39.2 Å². The van der Waals surface area contributed by atoms with Crippen molar-refractivity contribution in [1.82, 2.24) is 10.2 Å². The molecule has 2 rings (SSSR count). The molecule has 7 heteroatoms. The zero-order chi connectivity index (χ0) is 19.3. The SMILES string of the molecule is CC[C@@H](C)[C@H](NC(=O)CCCN1C(=O)c2ccccc2C1=O)C(=O)OC. The molecule has 0 unspecified atom stereocenters. The Hall–Kier alpha value is -2.70. The van der Waals surface area contributed by atoms with Crippen LogP contribution in [0.3, 0.4) is 0 Å². The van der Waals surface area contributed by atoms with Gasteiger partial charge in [0.15, 0.2) is 0 Å². The summed E-state index contributed by atoms with van der Waals surface area (Å²) in [6, 6.07) is 5.97. The molecular formula is C19H24N2O5. The fourth-order valence-corrected chi connectivity index (χ4v) is 2.88. The Morgan fingerprint density at radius 2 is 1.73 bits per heavy atom. The molecule has 26 heavy (non-hydrogen) atoms. The van der Waals surface area contributed by atoms with E-state index in [9.17, 15) is 19.2 Å². The van der Waals surface area contributed by atoms with Gasteiger partial charge in [0.05, 0.1) is 18.2 Å². The maximum Gasteiger partial charge on any atom is 0.328 e. The summed E-state index contributed by atoms with van der Waals surface area (Å²) >= 11 is 0. The first-order valence-electron chi connectivity index (χ1n) is 8.73. The molecule has 0 bridgehead atoms. The van der Waals surface area contributed by atoms with Crippen LogP contribution in [0.5, 0.6) is 0 Å². The van der Waals surface area contributed by atoms with Crippen molar-refractivity contribution in [2.75, 3.05) is 13.7 Å². The van der Waals surface area contributed by atoms with Gasteiger partial charge in [-0.15, -0.1) is 0 Å². The second-order valence-electron chi connectivity index (χ2n) is 6.36. The lowest BCUT2D eigenvalue weighted by Gasteiger charge is -2.22. The van der Waals surface area contributed by atoms with Gasteiger partial charge < -0.3 is 10.1 Å². The Morgan fingerprint density at radius 3 is 2.23 bits per heavy atom. The van der Waals surface area contributed by atoms with Gasteiger partial charge in [-0.05, 0) is 24.5 Å². The summed E-state index contributed by atoms with van der Waals surface area (Å²) in [5.41, 5.74) is 0.786. The highest BCUT2D eigenvalue weighted by molar-refractivity contribution is 6.21. The molecule has 3 amide bonds. The lowest BCUT2D eigenvalue weighted by Crippen LogP contribution is -2.45. The van der Waals surface area contributed by atoms with E-state index in [1.807, 2.05) is 13.8 Å². The predicted octanol–water partition coefficient (Wildman–Crippen LogP) is 1.77. The first kappa shape index (κ1) is 19.6. The highest BCUT2D eigenvalue weighted by atomic mass is 16.5. The molecular weight excluding hydrogens is 336 g/mol. The number of hydrogen-bond donors (Lipinski definition) is 1. The molecule has 7 nitrogen and oxygen atoms in total. The van der Waals surface area contributed by atoms with Gasteiger partial charge in [-0.3, -0.25) is 19.3 Å². The van der Waals surface area contributed by atoms with Crippen molar-refractivity contribution in [3.8, 4) is 0 Å². The van der Waals surface area contributed by atoms with Crippen LogP contribution in [0.4, 0.5) is 0 Å². The van der Waals surface area contributed by atoms with E-state index in [4.69, 9.17) is 4.74 Å². The van der Waals surface area contributed by atoms with Gasteiger partial charge in [-0.2, -0.15) is 0 Å². The Bertz CT molecular complexity index is 681. The highest BCUT2D eigenvalue weighted by Gasteiger charge is 2.34. The van der Waals surface area contributed by atoms with Crippen LogP contribution < -0.4 is 5.32 Å². The molecule has 1 aliphatic heterocycles. The average molecular weight is 360 g/mol. The summed E-state index contributed by atoms with van der Waals surface area (Å²) in [6.45, 7) is 3.95. The number of imide groups is 1. The fourth-order valence-electron chi connectivity index (χ4n) is 2.88. The summed E-state index contributed by atoms with van der Waals surface area (Å²) < 4.78 is 4.73. The molecule has 0 aromatic heterocycles. The number of carbonyl (C=O) groups excluding carboxylic acids is 4. The van der Waals surface area contributed by atoms with Crippen LogP contribution in [0.25, 0.3) is 0 Å². The predicted molar refractivity (Wildman–Crippen MR) is 94.4 cm³/mol. The van der Waals surface area contributed by atoms with E-state index in [-0.39, 0.29) is 36.6 Å². The van der Waals surface area contributed by atoms with Crippen LogP contribution in [0.1, 0.15) is 53.8 Å². The number of esters is 1. The van der Waals surface area contributed by atoms with Gasteiger partial charge in [0, 0.05) is 13.0 Å². The molecule has 1 N–H and O–H groups in total. The maximum absolute atomic E-state index is 12.3. The van der Waals surface area contributed by atoms with Crippen LogP contribution in [-0.4, -0.2) is 48.3 Å². The quantitative estimate of drug-likeness (QED) is 0.563. The molecule has 2 atom stereocenters. The largest absolute Gasteiger partial charge is 0.467 e. The fraction of sp³-hybridized carbons (Fsp3) is 0.474. The van der Waals surface area contributed by atoms with Crippen molar-refractivity contribution < 1.29 is 23.9 Å². The number of methoxy groups -OCH3 is 1. The number of amides is 3. The van der Waals surface area contributed by atoms with Crippen LogP contribution in [0.2, 0.25) is 0 Å². The van der Waals surface area contributed by atoms with Crippen molar-refractivity contribution in [3.05, 3.63) is 35.4 Å². The van der Waals surface area contributed by atoms with Crippen LogP contribution >= 0.6 is 0 Å². The first-order chi connectivity index (χ1) is 12.4. The summed E-state index contributed by atoms with van der Waals surface area (Å²) in [5, 5.41) is 2.68. The van der Waals surface area contributed by atoms with Gasteiger partial charge in [0.2, 0.25) is 5.91 Å². The Morgan fingerprint density at radius 1 is 1.15 bits per heavy atom. The lowest BCUT2D eigenvalue weighted by atomic mass is 9.99. The van der Waals surface area contributed by atoms with Gasteiger partial charge >= 0.3 is 5.97 Å². The summed E-state index contributed by atoms with van der Waals surface area (Å²) in [5.74, 6) is -1.51. The first-order valence-corrected chi connectivity index (χ1v) is 8.73. The molecule has 1 aromatic rings. The lowest BCUT2D eigenvalue weighted by molar-refractivity contribution is -0.146. The third-order valence-corrected chi connectivity index (χ3v) is 4.65. The molecule has 0 saturated carbocycles. The molecule has 140 valence electrons. The van der Waals surface area contributed by atoms with Gasteiger partial charge in [-0.25, -0.2) is 4.79 Å². The van der Waals surface area contributed by atoms with E-state index in [1.54, 1.807) is 24.3 Å². The molecule has 1 aliphatic rings. The third-order valence-electron chi connectivity index (χ3n) is 4.65. The Labute approximate surface area is 152 Å². The summed E-state index contributed by atoms with van der Waals surface area (Å²) in [6.07, 6.45) is 1.15. The monoisotopic (exact) mass is 360 g/mol. The van der Waals surface area contributed by atoms with E-state index in [1.165, 1.54) is 7.11 Å². The number of ether oxygens (including phenoxy) is 1. The molecule has 0 radical (unpaired) electrons. The number of hydrogen-bond acceptors (Lipinski definition) is 5. The molecule has 1 aromatic carbocycles. The van der Waals surface area contributed by atoms with Gasteiger partial charge in [0.25, 0.3) is 11.8 Å². The maximum atomic E-state index is 12.3. The van der Waals surface area contributed by atoms with E-state index in [0.29, 0.717) is 17.5 Å². The van der Waals surface area contributed by atoms with E-state index < -0.39 is 12.0 Å². The minimum absolute atomic E-state index is 0.0531. The third kappa shape index (κ3) is 4.09. The van der Waals surface area contributed by atoms with E-state index >= 15 is 0 Å². The minimum atomic E-state index is -0.697. The number of rotatable bonds is 8. The van der Waals surface area contributed by atoms with Crippen molar-refractivity contribution in [1.29, 1.82) is 0 Å². The summed E-state index contributed by atoms with van der Waals surface area (Å²) in [7, 11) is 1.28. The Kier molecular flexibility index (Phi) is 6.49. The minimum Gasteiger partial charge on any atom is -0.467 e. The van der Waals surface area contributed by atoms with Crippen molar-refractivity contribution in [3.63, 3.8) is 0 Å². The number of nitrogens with one attached hydrogen (secondary N) is 1. The Balaban J connectivity index is 1.88. The van der Waals surface area contributed by atoms with E-state index in [0.717, 1.165) is 11.3 Å². The second kappa shape index (κ2) is 8.60. The van der Waals surface area contributed by atoms with Crippen LogP contribution in [0, 0.1) is 5.92 Å². The average Bonchev–Trinajstić information content (AvgIpc) is 2.90. The smallest absolute Gasteiger partial charge is 0.328 e. The zero-order valence-electron chi connectivity index (χ0n) is 15.3. The number of carbonyl (C=O) groups is 4. The molecule has 0 saturated heterocycles. The summed E-state index contributed by atoms with van der Waals surface area (Å²) in [4.78, 5) is 49.6.